The molecule has 6 aromatic rings. The minimum Gasteiger partial charge on any atom is -0.0625 e. The van der Waals surface area contributed by atoms with Gasteiger partial charge in [0.25, 0.3) is 0 Å². The molecule has 0 bridgehead atoms. The second-order valence-corrected chi connectivity index (χ2v) is 14.3. The first-order valence-corrected chi connectivity index (χ1v) is 17.2. The molecule has 2 saturated carbocycles. The van der Waals surface area contributed by atoms with E-state index in [-0.39, 0.29) is 0 Å². The quantitative estimate of drug-likeness (QED) is 0.184. The molecule has 0 heteroatoms. The summed E-state index contributed by atoms with van der Waals surface area (Å²) in [5.41, 5.74) is 8.27. The molecule has 0 saturated heterocycles. The first kappa shape index (κ1) is 27.6. The largest absolute Gasteiger partial charge is 0.0625 e. The highest BCUT2D eigenvalue weighted by atomic mass is 14.3. The van der Waals surface area contributed by atoms with Crippen molar-refractivity contribution in [3.05, 3.63) is 120 Å². The monoisotopic (exact) mass is 572 g/mol. The summed E-state index contributed by atoms with van der Waals surface area (Å²) in [6.45, 7) is 4.80. The van der Waals surface area contributed by atoms with E-state index in [1.807, 2.05) is 0 Å². The lowest BCUT2D eigenvalue weighted by Gasteiger charge is -2.26. The van der Waals surface area contributed by atoms with Crippen LogP contribution in [0.5, 0.6) is 0 Å². The van der Waals surface area contributed by atoms with Crippen LogP contribution in [-0.4, -0.2) is 0 Å². The maximum Gasteiger partial charge on any atom is -0.00990 e. The van der Waals surface area contributed by atoms with E-state index >= 15 is 0 Å². The number of benzene rings is 6. The van der Waals surface area contributed by atoms with E-state index in [1.165, 1.54) is 117 Å². The SMILES string of the molecule is CC1CCC(c2ccc(-c3ccc4c(ccc5c6ccc(-c7ccc(C8CCC(C)CC8)cc7)cc6ccc45)c3)cc2)CC1. The Kier molecular flexibility index (Phi) is 7.25. The number of fused-ring (bicyclic) bond motifs is 5. The standard InChI is InChI=1S/C44H44/c1-29-3-7-31(8-4-29)33-11-15-35(16-12-33)37-19-23-41-39(27-37)21-25-44-42-24-20-38(28-40(42)22-26-43(41)44)36-17-13-34(14-18-36)32-9-5-30(2)6-10-32/h11-32H,3-10H2,1-2H3. The fourth-order valence-electron chi connectivity index (χ4n) is 8.33. The zero-order valence-corrected chi connectivity index (χ0v) is 26.4. The Morgan fingerprint density at radius 3 is 1.07 bits per heavy atom. The zero-order valence-electron chi connectivity index (χ0n) is 26.4. The van der Waals surface area contributed by atoms with E-state index in [0.717, 1.165) is 23.7 Å². The fraction of sp³-hybridized carbons (Fsp3) is 0.318. The molecule has 2 fully saturated rings. The molecule has 0 heterocycles. The van der Waals surface area contributed by atoms with Crippen molar-refractivity contribution in [3.8, 4) is 22.3 Å². The van der Waals surface area contributed by atoms with E-state index in [2.05, 4.69) is 123 Å². The summed E-state index contributed by atoms with van der Waals surface area (Å²) in [6.07, 6.45) is 10.8. The molecule has 0 unspecified atom stereocenters. The molecule has 0 atom stereocenters. The van der Waals surface area contributed by atoms with Crippen molar-refractivity contribution >= 4 is 32.3 Å². The van der Waals surface area contributed by atoms with Crippen LogP contribution in [0.4, 0.5) is 0 Å². The van der Waals surface area contributed by atoms with Gasteiger partial charge in [0.1, 0.15) is 0 Å². The molecular formula is C44H44. The Morgan fingerprint density at radius 1 is 0.341 bits per heavy atom. The minimum atomic E-state index is 0.741. The van der Waals surface area contributed by atoms with Crippen molar-refractivity contribution in [1.82, 2.24) is 0 Å². The second-order valence-electron chi connectivity index (χ2n) is 14.3. The second kappa shape index (κ2) is 11.6. The van der Waals surface area contributed by atoms with Gasteiger partial charge in [0.15, 0.2) is 0 Å². The average Bonchev–Trinajstić information content (AvgIpc) is 3.08. The van der Waals surface area contributed by atoms with Gasteiger partial charge in [-0.15, -0.1) is 0 Å². The van der Waals surface area contributed by atoms with Crippen LogP contribution in [0, 0.1) is 11.8 Å². The third kappa shape index (κ3) is 5.23. The molecule has 0 aliphatic heterocycles. The predicted molar refractivity (Wildman–Crippen MR) is 191 cm³/mol. The molecule has 2 aliphatic rings. The lowest BCUT2D eigenvalue weighted by atomic mass is 9.79. The van der Waals surface area contributed by atoms with Gasteiger partial charge >= 0.3 is 0 Å². The van der Waals surface area contributed by atoms with Crippen LogP contribution in [0.2, 0.25) is 0 Å². The first-order valence-electron chi connectivity index (χ1n) is 17.2. The molecule has 0 spiro atoms. The van der Waals surface area contributed by atoms with E-state index < -0.39 is 0 Å². The van der Waals surface area contributed by atoms with Crippen molar-refractivity contribution in [1.29, 1.82) is 0 Å². The van der Waals surface area contributed by atoms with Crippen LogP contribution in [0.25, 0.3) is 54.6 Å². The maximum absolute atomic E-state index is 2.40. The van der Waals surface area contributed by atoms with Crippen LogP contribution in [0.3, 0.4) is 0 Å². The highest BCUT2D eigenvalue weighted by Crippen LogP contribution is 2.39. The van der Waals surface area contributed by atoms with Crippen molar-refractivity contribution < 1.29 is 0 Å². The molecule has 0 nitrogen and oxygen atoms in total. The molecule has 220 valence electrons. The molecule has 0 amide bonds. The molecule has 0 radical (unpaired) electrons. The Balaban J connectivity index is 1.06. The van der Waals surface area contributed by atoms with Crippen LogP contribution < -0.4 is 0 Å². The van der Waals surface area contributed by atoms with E-state index in [4.69, 9.17) is 0 Å². The van der Waals surface area contributed by atoms with Crippen molar-refractivity contribution in [2.45, 2.75) is 77.0 Å². The summed E-state index contributed by atoms with van der Waals surface area (Å²) in [6, 6.07) is 42.2. The number of hydrogen-bond acceptors (Lipinski definition) is 0. The third-order valence-corrected chi connectivity index (χ3v) is 11.3. The van der Waals surface area contributed by atoms with Crippen molar-refractivity contribution in [3.63, 3.8) is 0 Å². The Labute approximate surface area is 263 Å². The van der Waals surface area contributed by atoms with Crippen molar-refractivity contribution in [2.75, 3.05) is 0 Å². The van der Waals surface area contributed by atoms with Gasteiger partial charge in [0.05, 0.1) is 0 Å². The Hall–Kier alpha value is -3.90. The first-order chi connectivity index (χ1) is 21.6. The van der Waals surface area contributed by atoms with Gasteiger partial charge in [0.2, 0.25) is 0 Å². The summed E-state index contributed by atoms with van der Waals surface area (Å²) in [4.78, 5) is 0. The smallest absolute Gasteiger partial charge is 0.00990 e. The van der Waals surface area contributed by atoms with Crippen molar-refractivity contribution in [2.24, 2.45) is 11.8 Å². The number of rotatable bonds is 4. The molecule has 6 aromatic carbocycles. The lowest BCUT2D eigenvalue weighted by Crippen LogP contribution is -2.10. The van der Waals surface area contributed by atoms with E-state index in [0.29, 0.717) is 0 Å². The summed E-state index contributed by atoms with van der Waals surface area (Å²) >= 11 is 0. The Bertz CT molecular complexity index is 1780. The molecular weight excluding hydrogens is 528 g/mol. The highest BCUT2D eigenvalue weighted by molar-refractivity contribution is 6.18. The molecule has 44 heavy (non-hydrogen) atoms. The van der Waals surface area contributed by atoms with Gasteiger partial charge in [-0.3, -0.25) is 0 Å². The van der Waals surface area contributed by atoms with Crippen LogP contribution >= 0.6 is 0 Å². The normalized spacial score (nSPS) is 22.5. The molecule has 0 N–H and O–H groups in total. The molecule has 8 rings (SSSR count). The predicted octanol–water partition coefficient (Wildman–Crippen LogP) is 13.1. The van der Waals surface area contributed by atoms with E-state index in [1.54, 1.807) is 0 Å². The lowest BCUT2D eigenvalue weighted by molar-refractivity contribution is 0.348. The molecule has 2 aliphatic carbocycles. The average molecular weight is 573 g/mol. The van der Waals surface area contributed by atoms with Crippen LogP contribution in [-0.2, 0) is 0 Å². The topological polar surface area (TPSA) is 0 Å². The maximum atomic E-state index is 2.40. The van der Waals surface area contributed by atoms with Crippen LogP contribution in [0.15, 0.2) is 109 Å². The third-order valence-electron chi connectivity index (χ3n) is 11.3. The van der Waals surface area contributed by atoms with Gasteiger partial charge < -0.3 is 0 Å². The summed E-state index contributed by atoms with van der Waals surface area (Å²) in [7, 11) is 0. The van der Waals surface area contributed by atoms with Gasteiger partial charge in [-0.2, -0.15) is 0 Å². The number of hydrogen-bond donors (Lipinski definition) is 0. The highest BCUT2D eigenvalue weighted by Gasteiger charge is 2.21. The van der Waals surface area contributed by atoms with E-state index in [9.17, 15) is 0 Å². The molecule has 0 aromatic heterocycles. The fourth-order valence-corrected chi connectivity index (χ4v) is 8.33. The zero-order chi connectivity index (χ0) is 29.6. The van der Waals surface area contributed by atoms with Gasteiger partial charge in [-0.05, 0) is 127 Å². The summed E-state index contributed by atoms with van der Waals surface area (Å²) in [5, 5.41) is 7.95. The van der Waals surface area contributed by atoms with Gasteiger partial charge in [-0.1, -0.05) is 137 Å². The summed E-state index contributed by atoms with van der Waals surface area (Å²) < 4.78 is 0. The van der Waals surface area contributed by atoms with Crippen LogP contribution in [0.1, 0.15) is 88.2 Å². The Morgan fingerprint density at radius 2 is 0.682 bits per heavy atom. The minimum absolute atomic E-state index is 0.741. The van der Waals surface area contributed by atoms with Gasteiger partial charge in [0, 0.05) is 0 Å². The van der Waals surface area contributed by atoms with Gasteiger partial charge in [-0.25, -0.2) is 0 Å². The summed E-state index contributed by atoms with van der Waals surface area (Å²) in [5.74, 6) is 3.27.